The van der Waals surface area contributed by atoms with Crippen molar-refractivity contribution in [2.45, 2.75) is 30.5 Å². The lowest BCUT2D eigenvalue weighted by Crippen LogP contribution is -2.35. The number of benzene rings is 1. The number of rotatable bonds is 5. The molecule has 144 valence electrons. The number of hydrogen-bond acceptors (Lipinski definition) is 7. The summed E-state index contributed by atoms with van der Waals surface area (Å²) in [4.78, 5) is 25.3. The van der Waals surface area contributed by atoms with Crippen molar-refractivity contribution in [3.05, 3.63) is 29.8 Å². The molecule has 3 rings (SSSR count). The molecule has 0 unspecified atom stereocenters. The third-order valence-electron chi connectivity index (χ3n) is 3.95. The molecule has 2 N–H and O–H groups in total. The zero-order valence-electron chi connectivity index (χ0n) is 14.6. The van der Waals surface area contributed by atoms with Gasteiger partial charge in [0.05, 0.1) is 0 Å². The lowest BCUT2D eigenvalue weighted by molar-refractivity contribution is -0.114. The summed E-state index contributed by atoms with van der Waals surface area (Å²) in [7, 11) is -3.93. The minimum Gasteiger partial charge on any atom is -0.339 e. The van der Waals surface area contributed by atoms with E-state index in [1.165, 1.54) is 19.1 Å². The average Bonchev–Trinajstić information content (AvgIpc) is 3.11. The minimum atomic E-state index is -3.93. The molecule has 0 spiro atoms. The first-order chi connectivity index (χ1) is 12.8. The molecule has 27 heavy (non-hydrogen) atoms. The van der Waals surface area contributed by atoms with E-state index >= 15 is 0 Å². The van der Waals surface area contributed by atoms with Crippen LogP contribution in [0.4, 0.5) is 10.8 Å². The van der Waals surface area contributed by atoms with Crippen LogP contribution in [-0.2, 0) is 14.8 Å². The van der Waals surface area contributed by atoms with Crippen molar-refractivity contribution >= 4 is 44.0 Å². The van der Waals surface area contributed by atoms with E-state index in [0.717, 1.165) is 43.7 Å². The van der Waals surface area contributed by atoms with Gasteiger partial charge in [-0.05, 0) is 43.5 Å². The second-order valence-corrected chi connectivity index (χ2v) is 8.92. The number of nitrogens with zero attached hydrogens (tertiary/aromatic N) is 3. The zero-order valence-corrected chi connectivity index (χ0v) is 16.3. The Hall–Kier alpha value is -2.53. The Balaban J connectivity index is 1.69. The molecule has 0 aliphatic carbocycles. The Morgan fingerprint density at radius 2 is 1.74 bits per heavy atom. The second kappa shape index (κ2) is 8.01. The van der Waals surface area contributed by atoms with Gasteiger partial charge in [0.15, 0.2) is 0 Å². The van der Waals surface area contributed by atoms with Crippen molar-refractivity contribution in [2.24, 2.45) is 0 Å². The van der Waals surface area contributed by atoms with Gasteiger partial charge >= 0.3 is 0 Å². The molecule has 1 fully saturated rings. The number of nitrogens with one attached hydrogen (secondary N) is 2. The number of carbonyl (C=O) groups is 2. The van der Waals surface area contributed by atoms with Crippen molar-refractivity contribution in [3.8, 4) is 0 Å². The number of aromatic nitrogens is 2. The van der Waals surface area contributed by atoms with E-state index in [4.69, 9.17) is 0 Å². The van der Waals surface area contributed by atoms with E-state index in [-0.39, 0.29) is 21.3 Å². The van der Waals surface area contributed by atoms with E-state index in [1.54, 1.807) is 12.1 Å². The lowest BCUT2D eigenvalue weighted by Gasteiger charge is -2.26. The first-order valence-corrected chi connectivity index (χ1v) is 10.7. The van der Waals surface area contributed by atoms with Crippen LogP contribution in [-0.4, -0.2) is 48.4 Å². The van der Waals surface area contributed by atoms with Gasteiger partial charge in [0.2, 0.25) is 11.0 Å². The molecule has 2 aromatic rings. The quantitative estimate of drug-likeness (QED) is 0.728. The number of anilines is 2. The molecule has 1 aliphatic heterocycles. The first kappa shape index (κ1) is 19.2. The molecule has 1 saturated heterocycles. The molecule has 2 amide bonds. The molecule has 2 heterocycles. The van der Waals surface area contributed by atoms with Gasteiger partial charge in [-0.2, -0.15) is 8.42 Å². The SMILES string of the molecule is CC(=O)Nc1nnc(S(=O)(=O)Nc2ccc(C(=O)N3CCCCC3)cc2)s1. The molecule has 1 aliphatic rings. The van der Waals surface area contributed by atoms with Crippen LogP contribution in [0, 0.1) is 0 Å². The highest BCUT2D eigenvalue weighted by atomic mass is 32.2. The standard InChI is InChI=1S/C16H19N5O4S2/c1-11(22)17-15-18-19-16(26-15)27(24,25)20-13-7-5-12(6-8-13)14(23)21-9-3-2-4-10-21/h5-8,20H,2-4,9-10H2,1H3,(H,17,18,22). The smallest absolute Gasteiger partial charge is 0.291 e. The number of piperidine rings is 1. The summed E-state index contributed by atoms with van der Waals surface area (Å²) < 4.78 is 26.9. The van der Waals surface area contributed by atoms with Gasteiger partial charge in [-0.1, -0.05) is 11.3 Å². The number of likely N-dealkylation sites (tertiary alicyclic amines) is 1. The van der Waals surface area contributed by atoms with Crippen LogP contribution in [0.15, 0.2) is 28.6 Å². The largest absolute Gasteiger partial charge is 0.339 e. The molecule has 0 saturated carbocycles. The van der Waals surface area contributed by atoms with Crippen LogP contribution in [0.2, 0.25) is 0 Å². The Morgan fingerprint density at radius 3 is 2.37 bits per heavy atom. The fourth-order valence-corrected chi connectivity index (χ4v) is 4.68. The third-order valence-corrected chi connectivity index (χ3v) is 6.53. The molecular formula is C16H19N5O4S2. The number of carbonyl (C=O) groups excluding carboxylic acids is 2. The van der Waals surface area contributed by atoms with Gasteiger partial charge in [-0.3, -0.25) is 14.3 Å². The molecule has 1 aromatic carbocycles. The molecule has 9 nitrogen and oxygen atoms in total. The van der Waals surface area contributed by atoms with Gasteiger partial charge < -0.3 is 10.2 Å². The van der Waals surface area contributed by atoms with Gasteiger partial charge in [-0.15, -0.1) is 10.2 Å². The summed E-state index contributed by atoms with van der Waals surface area (Å²) in [6.45, 7) is 2.79. The summed E-state index contributed by atoms with van der Waals surface area (Å²) in [6, 6.07) is 6.25. The Labute approximate surface area is 160 Å². The van der Waals surface area contributed by atoms with Crippen LogP contribution in [0.1, 0.15) is 36.5 Å². The Morgan fingerprint density at radius 1 is 1.07 bits per heavy atom. The van der Waals surface area contributed by atoms with Crippen LogP contribution < -0.4 is 10.0 Å². The van der Waals surface area contributed by atoms with E-state index < -0.39 is 10.0 Å². The minimum absolute atomic E-state index is 0.0480. The molecule has 0 atom stereocenters. The predicted molar refractivity (Wildman–Crippen MR) is 101 cm³/mol. The Kier molecular flexibility index (Phi) is 5.71. The van der Waals surface area contributed by atoms with Crippen molar-refractivity contribution < 1.29 is 18.0 Å². The maximum Gasteiger partial charge on any atom is 0.291 e. The van der Waals surface area contributed by atoms with Gasteiger partial charge in [0.1, 0.15) is 0 Å². The van der Waals surface area contributed by atoms with Crippen LogP contribution in [0.5, 0.6) is 0 Å². The lowest BCUT2D eigenvalue weighted by atomic mass is 10.1. The molecule has 0 bridgehead atoms. The molecule has 1 aromatic heterocycles. The second-order valence-electron chi connectivity index (χ2n) is 6.09. The van der Waals surface area contributed by atoms with Crippen molar-refractivity contribution in [1.82, 2.24) is 15.1 Å². The predicted octanol–water partition coefficient (Wildman–Crippen LogP) is 1.92. The summed E-state index contributed by atoms with van der Waals surface area (Å²) in [5, 5.41) is 9.69. The number of sulfonamides is 1. The summed E-state index contributed by atoms with van der Waals surface area (Å²) in [6.07, 6.45) is 3.15. The topological polar surface area (TPSA) is 121 Å². The highest BCUT2D eigenvalue weighted by Crippen LogP contribution is 2.23. The van der Waals surface area contributed by atoms with Gasteiger partial charge in [-0.25, -0.2) is 0 Å². The normalized spacial score (nSPS) is 14.6. The molecule has 0 radical (unpaired) electrons. The first-order valence-electron chi connectivity index (χ1n) is 8.38. The fraction of sp³-hybridized carbons (Fsp3) is 0.375. The average molecular weight is 409 g/mol. The van der Waals surface area contributed by atoms with Crippen molar-refractivity contribution in [1.29, 1.82) is 0 Å². The van der Waals surface area contributed by atoms with E-state index in [1.807, 2.05) is 4.90 Å². The van der Waals surface area contributed by atoms with E-state index in [0.29, 0.717) is 11.3 Å². The van der Waals surface area contributed by atoms with E-state index in [2.05, 4.69) is 20.2 Å². The number of hydrogen-bond donors (Lipinski definition) is 2. The van der Waals surface area contributed by atoms with Crippen molar-refractivity contribution in [2.75, 3.05) is 23.1 Å². The summed E-state index contributed by atoms with van der Waals surface area (Å²) >= 11 is 0.749. The third kappa shape index (κ3) is 4.80. The highest BCUT2D eigenvalue weighted by molar-refractivity contribution is 7.94. The maximum atomic E-state index is 12.4. The van der Waals surface area contributed by atoms with Crippen LogP contribution in [0.3, 0.4) is 0 Å². The highest BCUT2D eigenvalue weighted by Gasteiger charge is 2.22. The van der Waals surface area contributed by atoms with Crippen LogP contribution >= 0.6 is 11.3 Å². The maximum absolute atomic E-state index is 12.4. The molecular weight excluding hydrogens is 390 g/mol. The van der Waals surface area contributed by atoms with Gasteiger partial charge in [0.25, 0.3) is 20.3 Å². The summed E-state index contributed by atoms with van der Waals surface area (Å²) in [5.74, 6) is -0.412. The van der Waals surface area contributed by atoms with Crippen LogP contribution in [0.25, 0.3) is 0 Å². The summed E-state index contributed by atoms with van der Waals surface area (Å²) in [5.41, 5.74) is 0.824. The monoisotopic (exact) mass is 409 g/mol. The number of amides is 2. The molecule has 11 heteroatoms. The van der Waals surface area contributed by atoms with Crippen molar-refractivity contribution in [3.63, 3.8) is 0 Å². The van der Waals surface area contributed by atoms with E-state index in [9.17, 15) is 18.0 Å². The Bertz CT molecular complexity index is 934. The van der Waals surface area contributed by atoms with Gasteiger partial charge in [0, 0.05) is 31.3 Å². The zero-order chi connectivity index (χ0) is 19.4. The fourth-order valence-electron chi connectivity index (χ4n) is 2.68.